The highest BCUT2D eigenvalue weighted by molar-refractivity contribution is 5.79. The standard InChI is InChI=1S/C4H8N4O.C4H6/c1-2-3(4(5)9)7-8-6;1-3-4-2/h3H,2H2,1H3,(H2,5,9);1-2H3/t3-;/m0./s1. The summed E-state index contributed by atoms with van der Waals surface area (Å²) in [4.78, 5) is 12.7. The van der Waals surface area contributed by atoms with E-state index in [0.29, 0.717) is 6.42 Å². The van der Waals surface area contributed by atoms with Gasteiger partial charge in [-0.05, 0) is 25.8 Å². The van der Waals surface area contributed by atoms with Crippen molar-refractivity contribution < 1.29 is 4.79 Å². The maximum Gasteiger partial charge on any atom is 0.226 e. The fraction of sp³-hybridized carbons (Fsp3) is 0.625. The second-order valence-corrected chi connectivity index (χ2v) is 2.03. The number of carbonyl (C=O) groups is 1. The molecule has 0 spiro atoms. The monoisotopic (exact) mass is 182 g/mol. The fourth-order valence-corrected chi connectivity index (χ4v) is 0.402. The summed E-state index contributed by atoms with van der Waals surface area (Å²) >= 11 is 0. The van der Waals surface area contributed by atoms with Gasteiger partial charge in [-0.1, -0.05) is 12.0 Å². The number of azide groups is 1. The Balaban J connectivity index is 0. The minimum Gasteiger partial charge on any atom is -0.369 e. The first-order valence-corrected chi connectivity index (χ1v) is 3.81. The largest absolute Gasteiger partial charge is 0.369 e. The summed E-state index contributed by atoms with van der Waals surface area (Å²) < 4.78 is 0. The van der Waals surface area contributed by atoms with Gasteiger partial charge >= 0.3 is 0 Å². The van der Waals surface area contributed by atoms with Crippen molar-refractivity contribution in [2.75, 3.05) is 0 Å². The van der Waals surface area contributed by atoms with Crippen LogP contribution in [0.4, 0.5) is 0 Å². The predicted molar refractivity (Wildman–Crippen MR) is 51.5 cm³/mol. The first-order valence-electron chi connectivity index (χ1n) is 3.81. The van der Waals surface area contributed by atoms with Gasteiger partial charge in [0.15, 0.2) is 0 Å². The van der Waals surface area contributed by atoms with Gasteiger partial charge in [0.05, 0.1) is 0 Å². The van der Waals surface area contributed by atoms with Crippen LogP contribution >= 0.6 is 0 Å². The molecule has 0 rings (SSSR count). The lowest BCUT2D eigenvalue weighted by Gasteiger charge is -1.98. The van der Waals surface area contributed by atoms with E-state index in [1.807, 2.05) is 13.8 Å². The number of amides is 1. The zero-order valence-corrected chi connectivity index (χ0v) is 8.11. The van der Waals surface area contributed by atoms with Crippen molar-refractivity contribution in [2.45, 2.75) is 33.2 Å². The Kier molecular flexibility index (Phi) is 11.1. The van der Waals surface area contributed by atoms with Crippen molar-refractivity contribution >= 4 is 5.91 Å². The van der Waals surface area contributed by atoms with Crippen molar-refractivity contribution in [1.29, 1.82) is 0 Å². The summed E-state index contributed by atoms with van der Waals surface area (Å²) in [5.74, 6) is 4.79. The highest BCUT2D eigenvalue weighted by Crippen LogP contribution is 1.94. The van der Waals surface area contributed by atoms with Crippen molar-refractivity contribution in [3.05, 3.63) is 10.4 Å². The number of rotatable bonds is 3. The lowest BCUT2D eigenvalue weighted by Crippen LogP contribution is -2.25. The van der Waals surface area contributed by atoms with E-state index in [2.05, 4.69) is 21.9 Å². The van der Waals surface area contributed by atoms with Crippen LogP contribution in [0.5, 0.6) is 0 Å². The summed E-state index contributed by atoms with van der Waals surface area (Å²) in [6, 6.07) is -0.685. The maximum atomic E-state index is 10.3. The molecule has 0 saturated carbocycles. The first-order chi connectivity index (χ1) is 6.13. The third-order valence-electron chi connectivity index (χ3n) is 1.16. The number of hydrogen-bond acceptors (Lipinski definition) is 2. The molecule has 5 heteroatoms. The summed E-state index contributed by atoms with van der Waals surface area (Å²) in [6.45, 7) is 5.37. The van der Waals surface area contributed by atoms with E-state index in [1.54, 1.807) is 6.92 Å². The molecule has 0 aromatic heterocycles. The Morgan fingerprint density at radius 1 is 1.62 bits per heavy atom. The fourth-order valence-electron chi connectivity index (χ4n) is 0.402. The Morgan fingerprint density at radius 2 is 2.08 bits per heavy atom. The van der Waals surface area contributed by atoms with Crippen LogP contribution in [0.15, 0.2) is 5.11 Å². The molecule has 0 aliphatic rings. The van der Waals surface area contributed by atoms with Crippen LogP contribution in [0.2, 0.25) is 0 Å². The average Bonchev–Trinajstić information content (AvgIpc) is 2.14. The number of carbonyl (C=O) groups excluding carboxylic acids is 1. The molecule has 0 saturated heterocycles. The molecule has 72 valence electrons. The molecule has 0 bridgehead atoms. The van der Waals surface area contributed by atoms with Crippen LogP contribution in [-0.2, 0) is 4.79 Å². The van der Waals surface area contributed by atoms with Crippen molar-refractivity contribution in [2.24, 2.45) is 10.8 Å². The number of primary amides is 1. The third-order valence-corrected chi connectivity index (χ3v) is 1.16. The van der Waals surface area contributed by atoms with Gasteiger partial charge in [-0.25, -0.2) is 0 Å². The van der Waals surface area contributed by atoms with Gasteiger partial charge in [-0.15, -0.1) is 11.8 Å². The Hall–Kier alpha value is -1.66. The Labute approximate surface area is 77.9 Å². The zero-order valence-electron chi connectivity index (χ0n) is 8.11. The van der Waals surface area contributed by atoms with Crippen molar-refractivity contribution in [3.8, 4) is 11.8 Å². The topological polar surface area (TPSA) is 91.8 Å². The van der Waals surface area contributed by atoms with Gasteiger partial charge in [0.1, 0.15) is 6.04 Å². The van der Waals surface area contributed by atoms with Crippen LogP contribution in [0, 0.1) is 11.8 Å². The SMILES string of the molecule is CC#CC.CC[C@H](N=[N+]=[N-])C(N)=O. The molecule has 0 radical (unpaired) electrons. The highest BCUT2D eigenvalue weighted by atomic mass is 16.1. The predicted octanol–water partition coefficient (Wildman–Crippen LogP) is 1.59. The van der Waals surface area contributed by atoms with Gasteiger partial charge in [-0.3, -0.25) is 4.79 Å². The molecule has 13 heavy (non-hydrogen) atoms. The molecule has 0 unspecified atom stereocenters. The van der Waals surface area contributed by atoms with E-state index in [0.717, 1.165) is 0 Å². The highest BCUT2D eigenvalue weighted by Gasteiger charge is 2.08. The molecule has 0 fully saturated rings. The normalized spacial score (nSPS) is 9.15. The zero-order chi connectivity index (χ0) is 10.7. The molecule has 0 heterocycles. The minimum atomic E-state index is -0.685. The van der Waals surface area contributed by atoms with Gasteiger partial charge in [0.25, 0.3) is 0 Å². The summed E-state index contributed by atoms with van der Waals surface area (Å²) in [6.07, 6.45) is 0.458. The Bertz CT molecular complexity index is 237. The molecular weight excluding hydrogens is 168 g/mol. The Morgan fingerprint density at radius 3 is 2.15 bits per heavy atom. The molecule has 5 nitrogen and oxygen atoms in total. The number of nitrogens with two attached hydrogens (primary N) is 1. The minimum absolute atomic E-state index is 0.458. The quantitative estimate of drug-likeness (QED) is 0.305. The second-order valence-electron chi connectivity index (χ2n) is 2.03. The van der Waals surface area contributed by atoms with Crippen LogP contribution in [0.1, 0.15) is 27.2 Å². The first kappa shape index (κ1) is 13.9. The molecule has 0 aromatic rings. The third kappa shape index (κ3) is 10.3. The number of nitrogens with zero attached hydrogens (tertiary/aromatic N) is 3. The molecule has 1 amide bonds. The summed E-state index contributed by atoms with van der Waals surface area (Å²) in [7, 11) is 0. The molecule has 2 N–H and O–H groups in total. The van der Waals surface area contributed by atoms with E-state index in [9.17, 15) is 4.79 Å². The lowest BCUT2D eigenvalue weighted by molar-refractivity contribution is -0.119. The number of hydrogen-bond donors (Lipinski definition) is 1. The van der Waals surface area contributed by atoms with Gasteiger partial charge in [0, 0.05) is 4.91 Å². The van der Waals surface area contributed by atoms with Crippen molar-refractivity contribution in [1.82, 2.24) is 0 Å². The molecule has 0 aliphatic carbocycles. The second kappa shape index (κ2) is 10.3. The summed E-state index contributed by atoms with van der Waals surface area (Å²) in [5, 5.41) is 3.15. The lowest BCUT2D eigenvalue weighted by atomic mass is 10.2. The van der Waals surface area contributed by atoms with E-state index in [4.69, 9.17) is 11.3 Å². The van der Waals surface area contributed by atoms with E-state index in [1.165, 1.54) is 0 Å². The van der Waals surface area contributed by atoms with E-state index in [-0.39, 0.29) is 0 Å². The molecule has 0 aliphatic heterocycles. The maximum absolute atomic E-state index is 10.3. The summed E-state index contributed by atoms with van der Waals surface area (Å²) in [5.41, 5.74) is 12.7. The van der Waals surface area contributed by atoms with E-state index >= 15 is 0 Å². The molecular formula is C8H14N4O. The van der Waals surface area contributed by atoms with E-state index < -0.39 is 11.9 Å². The van der Waals surface area contributed by atoms with Crippen molar-refractivity contribution in [3.63, 3.8) is 0 Å². The molecule has 0 aromatic carbocycles. The van der Waals surface area contributed by atoms with Gasteiger partial charge in [-0.2, -0.15) is 0 Å². The average molecular weight is 182 g/mol. The van der Waals surface area contributed by atoms with Gasteiger partial charge < -0.3 is 5.73 Å². The van der Waals surface area contributed by atoms with Gasteiger partial charge in [0.2, 0.25) is 5.91 Å². The molecule has 1 atom stereocenters. The van der Waals surface area contributed by atoms with Crippen LogP contribution in [0.25, 0.3) is 10.4 Å². The van der Waals surface area contributed by atoms with Crippen LogP contribution < -0.4 is 5.73 Å². The van der Waals surface area contributed by atoms with Crippen LogP contribution in [0.3, 0.4) is 0 Å². The smallest absolute Gasteiger partial charge is 0.226 e. The van der Waals surface area contributed by atoms with Crippen LogP contribution in [-0.4, -0.2) is 11.9 Å².